The molecule has 0 atom stereocenters. The standard InChI is InChI=1S/C13H14ClF2N3S.C2H6/c1-7-2-5-9(14)11-12(7)19(6-10(15)16)17-13(11)18-20-8-3-4-8;1-2/h2,5,8,10H,3-4,6H2,1H3,(H,17,18);1-2H3. The van der Waals surface area contributed by atoms with Crippen molar-refractivity contribution < 1.29 is 8.78 Å². The number of aromatic nitrogens is 2. The summed E-state index contributed by atoms with van der Waals surface area (Å²) in [5, 5.41) is 6.12. The summed E-state index contributed by atoms with van der Waals surface area (Å²) >= 11 is 7.81. The highest BCUT2D eigenvalue weighted by atomic mass is 35.5. The monoisotopic (exact) mass is 347 g/mol. The fourth-order valence-electron chi connectivity index (χ4n) is 2.11. The molecule has 1 aromatic carbocycles. The minimum atomic E-state index is -2.44. The quantitative estimate of drug-likeness (QED) is 0.723. The zero-order valence-corrected chi connectivity index (χ0v) is 14.4. The molecule has 0 saturated heterocycles. The molecule has 0 amide bonds. The molecule has 7 heteroatoms. The molecule has 1 N–H and O–H groups in total. The van der Waals surface area contributed by atoms with Gasteiger partial charge in [0.25, 0.3) is 6.43 Å². The predicted molar refractivity (Wildman–Crippen MR) is 91.1 cm³/mol. The molecule has 1 fully saturated rings. The van der Waals surface area contributed by atoms with Crippen molar-refractivity contribution in [3.05, 3.63) is 22.7 Å². The molecule has 1 aliphatic carbocycles. The Morgan fingerprint density at radius 2 is 2.09 bits per heavy atom. The summed E-state index contributed by atoms with van der Waals surface area (Å²) in [7, 11) is 0. The van der Waals surface area contributed by atoms with Crippen LogP contribution in [0.5, 0.6) is 0 Å². The van der Waals surface area contributed by atoms with Crippen LogP contribution in [-0.4, -0.2) is 21.5 Å². The van der Waals surface area contributed by atoms with Gasteiger partial charge in [-0.3, -0.25) is 4.68 Å². The predicted octanol–water partition coefficient (Wildman–Crippen LogP) is 5.51. The van der Waals surface area contributed by atoms with Crippen molar-refractivity contribution in [3.63, 3.8) is 0 Å². The van der Waals surface area contributed by atoms with Crippen LogP contribution in [0, 0.1) is 6.92 Å². The van der Waals surface area contributed by atoms with Crippen LogP contribution in [0.4, 0.5) is 14.6 Å². The SMILES string of the molecule is CC.Cc1ccc(Cl)c2c(NSC3CC3)nn(CC(F)F)c12. The van der Waals surface area contributed by atoms with Gasteiger partial charge in [0.2, 0.25) is 0 Å². The number of nitrogens with one attached hydrogen (secondary N) is 1. The summed E-state index contributed by atoms with van der Waals surface area (Å²) in [4.78, 5) is 0. The second-order valence-corrected chi connectivity index (χ2v) is 6.44. The van der Waals surface area contributed by atoms with Gasteiger partial charge in [-0.25, -0.2) is 8.78 Å². The maximum absolute atomic E-state index is 12.7. The van der Waals surface area contributed by atoms with E-state index in [0.29, 0.717) is 21.6 Å². The van der Waals surface area contributed by atoms with Crippen molar-refractivity contribution in [1.29, 1.82) is 0 Å². The zero-order chi connectivity index (χ0) is 16.3. The highest BCUT2D eigenvalue weighted by molar-refractivity contribution is 8.01. The summed E-state index contributed by atoms with van der Waals surface area (Å²) in [6.45, 7) is 5.45. The van der Waals surface area contributed by atoms with E-state index in [9.17, 15) is 8.78 Å². The van der Waals surface area contributed by atoms with Gasteiger partial charge >= 0.3 is 0 Å². The van der Waals surface area contributed by atoms with Gasteiger partial charge in [-0.1, -0.05) is 31.5 Å². The molecule has 0 radical (unpaired) electrons. The summed E-state index contributed by atoms with van der Waals surface area (Å²) in [6, 6.07) is 3.60. The lowest BCUT2D eigenvalue weighted by Gasteiger charge is -2.05. The fraction of sp³-hybridized carbons (Fsp3) is 0.533. The van der Waals surface area contributed by atoms with Gasteiger partial charge in [0.05, 0.1) is 15.9 Å². The molecule has 1 aromatic heterocycles. The number of aryl methyl sites for hydroxylation is 1. The zero-order valence-electron chi connectivity index (χ0n) is 12.9. The highest BCUT2D eigenvalue weighted by Crippen LogP contribution is 2.38. The van der Waals surface area contributed by atoms with Crippen molar-refractivity contribution in [3.8, 4) is 0 Å². The Balaban J connectivity index is 0.000000847. The first-order chi connectivity index (χ1) is 10.6. The van der Waals surface area contributed by atoms with Crippen LogP contribution < -0.4 is 4.72 Å². The van der Waals surface area contributed by atoms with Gasteiger partial charge in [-0.05, 0) is 43.3 Å². The normalized spacial score (nSPS) is 14.1. The number of nitrogens with zero attached hydrogens (tertiary/aromatic N) is 2. The van der Waals surface area contributed by atoms with Crippen LogP contribution in [0.25, 0.3) is 10.9 Å². The van der Waals surface area contributed by atoms with Gasteiger partial charge in [-0.2, -0.15) is 5.10 Å². The lowest BCUT2D eigenvalue weighted by atomic mass is 10.1. The molecular formula is C15H20ClF2N3S. The second-order valence-electron chi connectivity index (χ2n) is 4.93. The topological polar surface area (TPSA) is 29.9 Å². The van der Waals surface area contributed by atoms with Crippen molar-refractivity contribution in [2.24, 2.45) is 0 Å². The van der Waals surface area contributed by atoms with Crippen LogP contribution in [0.1, 0.15) is 32.3 Å². The number of hydrogen-bond acceptors (Lipinski definition) is 3. The van der Waals surface area contributed by atoms with Crippen LogP contribution in [0.15, 0.2) is 12.1 Å². The molecule has 1 heterocycles. The molecule has 1 aliphatic rings. The summed E-state index contributed by atoms with van der Waals surface area (Å²) < 4.78 is 29.9. The Bertz CT molecular complexity index is 641. The molecule has 0 bridgehead atoms. The molecule has 0 unspecified atom stereocenters. The Kier molecular flexibility index (Phi) is 5.92. The number of alkyl halides is 2. The van der Waals surface area contributed by atoms with Gasteiger partial charge in [0.1, 0.15) is 6.54 Å². The number of anilines is 1. The van der Waals surface area contributed by atoms with Crippen LogP contribution in [0.2, 0.25) is 5.02 Å². The minimum absolute atomic E-state index is 0.423. The Morgan fingerprint density at radius 1 is 1.41 bits per heavy atom. The van der Waals surface area contributed by atoms with Gasteiger partial charge in [-0.15, -0.1) is 0 Å². The van der Waals surface area contributed by atoms with Gasteiger partial charge in [0, 0.05) is 5.25 Å². The molecule has 0 spiro atoms. The third-order valence-corrected chi connectivity index (χ3v) is 4.63. The van der Waals surface area contributed by atoms with Crippen LogP contribution in [0.3, 0.4) is 0 Å². The molecule has 2 aromatic rings. The molecule has 0 aliphatic heterocycles. The average molecular weight is 348 g/mol. The van der Waals surface area contributed by atoms with E-state index < -0.39 is 13.0 Å². The lowest BCUT2D eigenvalue weighted by Crippen LogP contribution is -2.08. The first kappa shape index (κ1) is 17.3. The van der Waals surface area contributed by atoms with Crippen molar-refractivity contribution >= 4 is 40.3 Å². The third-order valence-electron chi connectivity index (χ3n) is 3.20. The number of hydrogen-bond donors (Lipinski definition) is 1. The lowest BCUT2D eigenvalue weighted by molar-refractivity contribution is 0.123. The van der Waals surface area contributed by atoms with E-state index in [2.05, 4.69) is 9.82 Å². The Hall–Kier alpha value is -1.01. The van der Waals surface area contributed by atoms with E-state index in [1.54, 1.807) is 18.0 Å². The third kappa shape index (κ3) is 3.84. The summed E-state index contributed by atoms with van der Waals surface area (Å²) in [5.74, 6) is 0.575. The largest absolute Gasteiger partial charge is 0.312 e. The molecule has 22 heavy (non-hydrogen) atoms. The molecule has 1 saturated carbocycles. The van der Waals surface area contributed by atoms with Crippen molar-refractivity contribution in [1.82, 2.24) is 9.78 Å². The Morgan fingerprint density at radius 3 is 2.68 bits per heavy atom. The van der Waals surface area contributed by atoms with E-state index in [0.717, 1.165) is 10.9 Å². The minimum Gasteiger partial charge on any atom is -0.312 e. The molecule has 3 nitrogen and oxygen atoms in total. The van der Waals surface area contributed by atoms with E-state index in [-0.39, 0.29) is 0 Å². The number of fused-ring (bicyclic) bond motifs is 1. The number of halogens is 3. The van der Waals surface area contributed by atoms with Crippen LogP contribution in [-0.2, 0) is 6.54 Å². The summed E-state index contributed by atoms with van der Waals surface area (Å²) in [5.41, 5.74) is 1.57. The second kappa shape index (κ2) is 7.51. The maximum Gasteiger partial charge on any atom is 0.257 e. The van der Waals surface area contributed by atoms with E-state index in [1.165, 1.54) is 17.5 Å². The molecule has 3 rings (SSSR count). The van der Waals surface area contributed by atoms with Crippen LogP contribution >= 0.6 is 23.5 Å². The molecule has 122 valence electrons. The molecular weight excluding hydrogens is 328 g/mol. The van der Waals surface area contributed by atoms with E-state index >= 15 is 0 Å². The average Bonchev–Trinajstić information content (AvgIpc) is 3.25. The van der Waals surface area contributed by atoms with Crippen molar-refractivity contribution in [2.45, 2.75) is 51.8 Å². The first-order valence-corrected chi connectivity index (χ1v) is 8.67. The highest BCUT2D eigenvalue weighted by Gasteiger charge is 2.24. The van der Waals surface area contributed by atoms with Crippen molar-refractivity contribution in [2.75, 3.05) is 4.72 Å². The van der Waals surface area contributed by atoms with Gasteiger partial charge < -0.3 is 4.72 Å². The van der Waals surface area contributed by atoms with E-state index in [4.69, 9.17) is 11.6 Å². The number of benzene rings is 1. The van der Waals surface area contributed by atoms with Gasteiger partial charge in [0.15, 0.2) is 5.82 Å². The number of rotatable bonds is 5. The maximum atomic E-state index is 12.7. The fourth-order valence-corrected chi connectivity index (χ4v) is 3.14. The first-order valence-electron chi connectivity index (χ1n) is 7.41. The smallest absolute Gasteiger partial charge is 0.257 e. The summed E-state index contributed by atoms with van der Waals surface area (Å²) in [6.07, 6.45) is -0.0827. The Labute approximate surface area is 138 Å². The van der Waals surface area contributed by atoms with E-state index in [1.807, 2.05) is 26.8 Å².